The minimum absolute atomic E-state index is 0. The first-order chi connectivity index (χ1) is 4.42. The molecule has 0 fully saturated rings. The Labute approximate surface area is 66.4 Å². The zero-order valence-electron chi connectivity index (χ0n) is 7.09. The fourth-order valence-electron chi connectivity index (χ4n) is 0.443. The van der Waals surface area contributed by atoms with Gasteiger partial charge in [-0.3, -0.25) is 5.09 Å². The van der Waals surface area contributed by atoms with Gasteiger partial charge in [0.15, 0.2) is 0 Å². The van der Waals surface area contributed by atoms with E-state index in [4.69, 9.17) is 0 Å². The maximum absolute atomic E-state index is 9.96. The maximum atomic E-state index is 9.96. The molecule has 11 heavy (non-hydrogen) atoms. The number of nitrogens with one attached hydrogen (secondary N) is 2. The SMILES string of the molecule is C[NH+](C)CCNP(=O)([O-])[O-].[NH4+]. The normalized spacial score (nSPS) is 11.4. The van der Waals surface area contributed by atoms with Crippen molar-refractivity contribution in [3.05, 3.63) is 0 Å². The number of rotatable bonds is 4. The molecule has 0 unspecified atom stereocenters. The van der Waals surface area contributed by atoms with Crippen molar-refractivity contribution in [2.45, 2.75) is 0 Å². The molecule has 0 aromatic heterocycles. The van der Waals surface area contributed by atoms with Crippen molar-refractivity contribution in [1.29, 1.82) is 0 Å². The summed E-state index contributed by atoms with van der Waals surface area (Å²) in [5.74, 6) is 0. The van der Waals surface area contributed by atoms with E-state index in [1.807, 2.05) is 19.2 Å². The van der Waals surface area contributed by atoms with Crippen LogP contribution in [0.15, 0.2) is 0 Å². The van der Waals surface area contributed by atoms with Crippen LogP contribution in [0, 0.1) is 0 Å². The van der Waals surface area contributed by atoms with Gasteiger partial charge in [-0.05, 0) is 7.75 Å². The van der Waals surface area contributed by atoms with Gasteiger partial charge in [-0.2, -0.15) is 0 Å². The molecule has 0 aliphatic heterocycles. The van der Waals surface area contributed by atoms with E-state index in [-0.39, 0.29) is 12.7 Å². The van der Waals surface area contributed by atoms with Gasteiger partial charge >= 0.3 is 0 Å². The second kappa shape index (κ2) is 5.65. The molecule has 0 aliphatic rings. The van der Waals surface area contributed by atoms with Crippen LogP contribution in [0.25, 0.3) is 0 Å². The lowest BCUT2D eigenvalue weighted by atomic mass is 10.6. The Kier molecular flexibility index (Phi) is 6.99. The zero-order valence-corrected chi connectivity index (χ0v) is 7.98. The van der Waals surface area contributed by atoms with E-state index in [0.29, 0.717) is 6.54 Å². The Balaban J connectivity index is 0. The van der Waals surface area contributed by atoms with Crippen LogP contribution in [-0.2, 0) is 4.57 Å². The van der Waals surface area contributed by atoms with Gasteiger partial charge in [0, 0.05) is 6.54 Å². The highest BCUT2D eigenvalue weighted by Crippen LogP contribution is 2.13. The van der Waals surface area contributed by atoms with Crippen molar-refractivity contribution >= 4 is 7.75 Å². The van der Waals surface area contributed by atoms with E-state index in [1.54, 1.807) is 0 Å². The Morgan fingerprint density at radius 3 is 2.18 bits per heavy atom. The summed E-state index contributed by atoms with van der Waals surface area (Å²) in [7, 11) is -0.731. The molecule has 70 valence electrons. The third-order valence-electron chi connectivity index (χ3n) is 0.930. The fourth-order valence-corrected chi connectivity index (χ4v) is 0.828. The number of hydrogen-bond acceptors (Lipinski definition) is 3. The summed E-state index contributed by atoms with van der Waals surface area (Å²) < 4.78 is 9.96. The van der Waals surface area contributed by atoms with E-state index in [9.17, 15) is 14.4 Å². The predicted octanol–water partition coefficient (Wildman–Crippen LogP) is -3.07. The molecule has 0 aliphatic carbocycles. The van der Waals surface area contributed by atoms with Crippen molar-refractivity contribution < 1.29 is 19.3 Å². The summed E-state index contributed by atoms with van der Waals surface area (Å²) in [6, 6.07) is 0. The summed E-state index contributed by atoms with van der Waals surface area (Å²) in [6.07, 6.45) is 0. The van der Waals surface area contributed by atoms with Gasteiger partial charge < -0.3 is 25.4 Å². The lowest BCUT2D eigenvalue weighted by Gasteiger charge is -2.30. The molecule has 0 atom stereocenters. The largest absolute Gasteiger partial charge is 0.799 e. The Morgan fingerprint density at radius 2 is 1.91 bits per heavy atom. The highest BCUT2D eigenvalue weighted by molar-refractivity contribution is 7.46. The van der Waals surface area contributed by atoms with Crippen molar-refractivity contribution in [3.63, 3.8) is 0 Å². The molecule has 0 aromatic carbocycles. The molecule has 7 heteroatoms. The first kappa shape index (κ1) is 13.6. The summed E-state index contributed by atoms with van der Waals surface area (Å²) in [4.78, 5) is 21.0. The minimum atomic E-state index is -4.49. The van der Waals surface area contributed by atoms with Crippen LogP contribution in [-0.4, -0.2) is 27.2 Å². The number of hydrogen-bond donors (Lipinski definition) is 3. The number of quaternary nitrogens is 2. The molecule has 0 aromatic rings. The van der Waals surface area contributed by atoms with Crippen LogP contribution in [0.2, 0.25) is 0 Å². The minimum Gasteiger partial charge on any atom is -0.799 e. The third-order valence-corrected chi connectivity index (χ3v) is 1.54. The Morgan fingerprint density at radius 1 is 1.45 bits per heavy atom. The molecule has 6 nitrogen and oxygen atoms in total. The van der Waals surface area contributed by atoms with Gasteiger partial charge in [0.25, 0.3) is 0 Å². The van der Waals surface area contributed by atoms with Crippen LogP contribution < -0.4 is 25.9 Å². The predicted molar refractivity (Wildman–Crippen MR) is 39.3 cm³/mol. The van der Waals surface area contributed by atoms with Gasteiger partial charge in [0.2, 0.25) is 0 Å². The van der Waals surface area contributed by atoms with Crippen LogP contribution in [0.5, 0.6) is 0 Å². The smallest absolute Gasteiger partial charge is 0.0897 e. The molecule has 0 saturated carbocycles. The molecule has 0 spiro atoms. The Bertz CT molecular complexity index is 135. The zero-order chi connectivity index (χ0) is 8.20. The van der Waals surface area contributed by atoms with E-state index in [2.05, 4.69) is 0 Å². The highest BCUT2D eigenvalue weighted by atomic mass is 31.2. The molecular formula is C4H16N3O3P. The molecule has 0 heterocycles. The van der Waals surface area contributed by atoms with Crippen LogP contribution in [0.3, 0.4) is 0 Å². The van der Waals surface area contributed by atoms with Crippen molar-refractivity contribution in [2.24, 2.45) is 0 Å². The van der Waals surface area contributed by atoms with E-state index in [0.717, 1.165) is 4.90 Å². The van der Waals surface area contributed by atoms with Gasteiger partial charge in [0.05, 0.1) is 20.6 Å². The molecule has 0 saturated heterocycles. The summed E-state index contributed by atoms with van der Waals surface area (Å²) in [6.45, 7) is 0.834. The number of likely N-dealkylation sites (N-methyl/N-ethyl adjacent to an activating group) is 1. The lowest BCUT2D eigenvalue weighted by Crippen LogP contribution is -3.06. The molecule has 0 radical (unpaired) electrons. The summed E-state index contributed by atoms with van der Waals surface area (Å²) in [5, 5.41) is 1.88. The van der Waals surface area contributed by atoms with Crippen LogP contribution in [0.1, 0.15) is 0 Å². The van der Waals surface area contributed by atoms with Gasteiger partial charge in [-0.25, -0.2) is 0 Å². The average Bonchev–Trinajstić information content (AvgIpc) is 1.59. The van der Waals surface area contributed by atoms with E-state index < -0.39 is 7.75 Å². The first-order valence-corrected chi connectivity index (χ1v) is 4.52. The van der Waals surface area contributed by atoms with E-state index >= 15 is 0 Å². The van der Waals surface area contributed by atoms with Crippen molar-refractivity contribution in [2.75, 3.05) is 27.2 Å². The second-order valence-electron chi connectivity index (χ2n) is 2.36. The monoisotopic (exact) mass is 185 g/mol. The molecule has 0 bridgehead atoms. The molecule has 0 rings (SSSR count). The quantitative estimate of drug-likeness (QED) is 0.403. The van der Waals surface area contributed by atoms with Crippen molar-refractivity contribution in [3.8, 4) is 0 Å². The first-order valence-electron chi connectivity index (χ1n) is 2.98. The maximum Gasteiger partial charge on any atom is 0.0897 e. The topological polar surface area (TPSA) is 116 Å². The van der Waals surface area contributed by atoms with Gasteiger partial charge in [-0.1, -0.05) is 0 Å². The Hall–Kier alpha value is 0.0300. The highest BCUT2D eigenvalue weighted by Gasteiger charge is 1.93. The standard InChI is InChI=1S/C4H13N2O3P.H3N/c1-6(2)4-3-5-10(7,8)9;/h3-4H2,1-2H3,(H3,5,7,8,9);1H3. The third kappa shape index (κ3) is 13.1. The molecular weight excluding hydrogens is 169 g/mol. The van der Waals surface area contributed by atoms with Crippen molar-refractivity contribution in [1.82, 2.24) is 11.2 Å². The summed E-state index contributed by atoms with van der Waals surface area (Å²) in [5.41, 5.74) is 0. The molecule has 6 N–H and O–H groups in total. The second-order valence-corrected chi connectivity index (χ2v) is 3.67. The van der Waals surface area contributed by atoms with Crippen LogP contribution >= 0.6 is 7.75 Å². The fraction of sp³-hybridized carbons (Fsp3) is 1.00. The van der Waals surface area contributed by atoms with Crippen LogP contribution in [0.4, 0.5) is 0 Å². The van der Waals surface area contributed by atoms with Gasteiger partial charge in [0.1, 0.15) is 0 Å². The summed E-state index contributed by atoms with van der Waals surface area (Å²) >= 11 is 0. The average molecular weight is 185 g/mol. The van der Waals surface area contributed by atoms with E-state index in [1.165, 1.54) is 0 Å². The molecule has 0 amide bonds. The van der Waals surface area contributed by atoms with Gasteiger partial charge in [-0.15, -0.1) is 0 Å². The lowest BCUT2D eigenvalue weighted by molar-refractivity contribution is -0.856.